The second-order valence-electron chi connectivity index (χ2n) is 13.1. The van der Waals surface area contributed by atoms with Gasteiger partial charge in [-0.3, -0.25) is 14.4 Å². The summed E-state index contributed by atoms with van der Waals surface area (Å²) in [5.41, 5.74) is 2.28. The number of hydrogen-bond acceptors (Lipinski definition) is 4. The molecule has 1 heterocycles. The SMILES string of the molecule is O=C(CCNC(=O)CNC(=O)CC(c1ccccc1)(c1ccccc1)c1ccccc1)NC[C@@H]1CCCN(CC2CCCCC2)C1. The summed E-state index contributed by atoms with van der Waals surface area (Å²) in [6.45, 7) is 4.23. The Morgan fingerprint density at radius 1 is 0.630 bits per heavy atom. The molecule has 2 fully saturated rings. The van der Waals surface area contributed by atoms with Crippen molar-refractivity contribution in [2.24, 2.45) is 11.8 Å². The molecule has 244 valence electrons. The van der Waals surface area contributed by atoms with E-state index in [0.717, 1.165) is 35.6 Å². The van der Waals surface area contributed by atoms with Crippen LogP contribution >= 0.6 is 0 Å². The highest BCUT2D eigenvalue weighted by atomic mass is 16.2. The normalized spacial score (nSPS) is 17.6. The average molecular weight is 623 g/mol. The summed E-state index contributed by atoms with van der Waals surface area (Å²) in [6, 6.07) is 30.1. The van der Waals surface area contributed by atoms with Crippen molar-refractivity contribution in [2.75, 3.05) is 39.3 Å². The molecule has 46 heavy (non-hydrogen) atoms. The third-order valence-corrected chi connectivity index (χ3v) is 9.78. The minimum absolute atomic E-state index is 0.0490. The van der Waals surface area contributed by atoms with Gasteiger partial charge in [0, 0.05) is 39.0 Å². The number of benzene rings is 3. The molecule has 3 amide bonds. The molecule has 1 aliphatic heterocycles. The van der Waals surface area contributed by atoms with Crippen molar-refractivity contribution < 1.29 is 14.4 Å². The Bertz CT molecular complexity index is 1280. The number of piperidine rings is 1. The second kappa shape index (κ2) is 17.1. The molecular formula is C39H50N4O3. The molecule has 0 unspecified atom stereocenters. The summed E-state index contributed by atoms with van der Waals surface area (Å²) in [5, 5.41) is 8.71. The molecule has 3 aromatic rings. The van der Waals surface area contributed by atoms with Gasteiger partial charge in [0.1, 0.15) is 0 Å². The number of nitrogens with zero attached hydrogens (tertiary/aromatic N) is 1. The highest BCUT2D eigenvalue weighted by Crippen LogP contribution is 2.42. The molecule has 7 heteroatoms. The van der Waals surface area contributed by atoms with Crippen molar-refractivity contribution in [1.82, 2.24) is 20.9 Å². The molecule has 0 spiro atoms. The average Bonchev–Trinajstić information content (AvgIpc) is 3.10. The lowest BCUT2D eigenvalue weighted by molar-refractivity contribution is -0.126. The number of rotatable bonds is 14. The lowest BCUT2D eigenvalue weighted by Gasteiger charge is -2.36. The van der Waals surface area contributed by atoms with Crippen LogP contribution < -0.4 is 16.0 Å². The molecule has 5 rings (SSSR count). The third kappa shape index (κ3) is 9.29. The number of likely N-dealkylation sites (tertiary alicyclic amines) is 1. The quantitative estimate of drug-likeness (QED) is 0.209. The molecule has 3 N–H and O–H groups in total. The fraction of sp³-hybridized carbons (Fsp3) is 0.462. The fourth-order valence-electron chi connectivity index (χ4n) is 7.40. The van der Waals surface area contributed by atoms with Gasteiger partial charge in [-0.25, -0.2) is 0 Å². The van der Waals surface area contributed by atoms with E-state index < -0.39 is 5.41 Å². The first-order valence-electron chi connectivity index (χ1n) is 17.2. The zero-order valence-electron chi connectivity index (χ0n) is 27.1. The summed E-state index contributed by atoms with van der Waals surface area (Å²) in [6.07, 6.45) is 9.57. The molecule has 1 atom stereocenters. The lowest BCUT2D eigenvalue weighted by atomic mass is 9.67. The third-order valence-electron chi connectivity index (χ3n) is 9.78. The minimum Gasteiger partial charge on any atom is -0.356 e. The molecule has 3 aromatic carbocycles. The molecule has 0 radical (unpaired) electrons. The summed E-state index contributed by atoms with van der Waals surface area (Å²) in [5.74, 6) is 0.744. The van der Waals surface area contributed by atoms with Crippen molar-refractivity contribution in [1.29, 1.82) is 0 Å². The van der Waals surface area contributed by atoms with Gasteiger partial charge in [-0.1, -0.05) is 110 Å². The van der Waals surface area contributed by atoms with Gasteiger partial charge in [0.15, 0.2) is 0 Å². The predicted molar refractivity (Wildman–Crippen MR) is 183 cm³/mol. The maximum atomic E-state index is 13.5. The van der Waals surface area contributed by atoms with Gasteiger partial charge in [0.25, 0.3) is 0 Å². The van der Waals surface area contributed by atoms with Crippen LogP contribution in [0.3, 0.4) is 0 Å². The van der Waals surface area contributed by atoms with Gasteiger partial charge in [0.2, 0.25) is 17.7 Å². The first-order chi connectivity index (χ1) is 22.5. The van der Waals surface area contributed by atoms with Crippen molar-refractivity contribution in [3.63, 3.8) is 0 Å². The molecule has 1 saturated heterocycles. The smallest absolute Gasteiger partial charge is 0.239 e. The summed E-state index contributed by atoms with van der Waals surface area (Å²) < 4.78 is 0. The van der Waals surface area contributed by atoms with Crippen molar-refractivity contribution >= 4 is 17.7 Å². The zero-order chi connectivity index (χ0) is 32.0. The highest BCUT2D eigenvalue weighted by Gasteiger charge is 2.38. The molecule has 0 bridgehead atoms. The monoisotopic (exact) mass is 622 g/mol. The van der Waals surface area contributed by atoms with E-state index in [4.69, 9.17) is 0 Å². The van der Waals surface area contributed by atoms with E-state index in [1.807, 2.05) is 91.0 Å². The van der Waals surface area contributed by atoms with Crippen LogP contribution in [0.4, 0.5) is 0 Å². The van der Waals surface area contributed by atoms with Crippen LogP contribution in [0.2, 0.25) is 0 Å². The Hall–Kier alpha value is -3.97. The number of carbonyl (C=O) groups excluding carboxylic acids is 3. The van der Waals surface area contributed by atoms with E-state index in [0.29, 0.717) is 12.5 Å². The number of hydrogen-bond donors (Lipinski definition) is 3. The van der Waals surface area contributed by atoms with E-state index in [-0.39, 0.29) is 43.7 Å². The summed E-state index contributed by atoms with van der Waals surface area (Å²) >= 11 is 0. The topological polar surface area (TPSA) is 90.5 Å². The van der Waals surface area contributed by atoms with Crippen molar-refractivity contribution in [3.8, 4) is 0 Å². The maximum absolute atomic E-state index is 13.5. The molecule has 2 aliphatic rings. The lowest BCUT2D eigenvalue weighted by Crippen LogP contribution is -2.43. The van der Waals surface area contributed by atoms with Crippen LogP contribution in [0.25, 0.3) is 0 Å². The van der Waals surface area contributed by atoms with E-state index >= 15 is 0 Å². The summed E-state index contributed by atoms with van der Waals surface area (Å²) in [4.78, 5) is 41.3. The molecular weight excluding hydrogens is 572 g/mol. The Morgan fingerprint density at radius 3 is 1.78 bits per heavy atom. The van der Waals surface area contributed by atoms with Crippen molar-refractivity contribution in [3.05, 3.63) is 108 Å². The first-order valence-corrected chi connectivity index (χ1v) is 17.2. The van der Waals surface area contributed by atoms with Gasteiger partial charge in [-0.2, -0.15) is 0 Å². The number of carbonyl (C=O) groups is 3. The van der Waals surface area contributed by atoms with Gasteiger partial charge in [-0.05, 0) is 60.8 Å². The fourth-order valence-corrected chi connectivity index (χ4v) is 7.40. The Labute approximate surface area is 274 Å². The van der Waals surface area contributed by atoms with Crippen LogP contribution in [-0.4, -0.2) is 61.9 Å². The molecule has 1 saturated carbocycles. The van der Waals surface area contributed by atoms with E-state index in [9.17, 15) is 14.4 Å². The second-order valence-corrected chi connectivity index (χ2v) is 13.1. The van der Waals surface area contributed by atoms with E-state index in [1.165, 1.54) is 51.6 Å². The maximum Gasteiger partial charge on any atom is 0.239 e. The largest absolute Gasteiger partial charge is 0.356 e. The first kappa shape index (κ1) is 33.4. The Kier molecular flexibility index (Phi) is 12.4. The van der Waals surface area contributed by atoms with Crippen LogP contribution in [-0.2, 0) is 19.8 Å². The predicted octanol–water partition coefficient (Wildman–Crippen LogP) is 5.44. The van der Waals surface area contributed by atoms with Gasteiger partial charge in [-0.15, -0.1) is 0 Å². The van der Waals surface area contributed by atoms with Crippen LogP contribution in [0.5, 0.6) is 0 Å². The van der Waals surface area contributed by atoms with Crippen LogP contribution in [0.15, 0.2) is 91.0 Å². The minimum atomic E-state index is -0.729. The molecule has 0 aromatic heterocycles. The van der Waals surface area contributed by atoms with Gasteiger partial charge >= 0.3 is 0 Å². The zero-order valence-corrected chi connectivity index (χ0v) is 27.1. The molecule has 7 nitrogen and oxygen atoms in total. The van der Waals surface area contributed by atoms with Crippen LogP contribution in [0, 0.1) is 11.8 Å². The van der Waals surface area contributed by atoms with Gasteiger partial charge in [0.05, 0.1) is 12.0 Å². The van der Waals surface area contributed by atoms with E-state index in [2.05, 4.69) is 20.9 Å². The van der Waals surface area contributed by atoms with Gasteiger partial charge < -0.3 is 20.9 Å². The van der Waals surface area contributed by atoms with Crippen LogP contribution in [0.1, 0.15) is 74.5 Å². The Balaban J connectivity index is 1.07. The highest BCUT2D eigenvalue weighted by molar-refractivity contribution is 5.86. The number of nitrogens with one attached hydrogen (secondary N) is 3. The number of amides is 3. The standard InChI is InChI=1S/C39H50N4O3/c44-36(41-27-32-16-13-25-43(30-32)29-31-14-5-1-6-15-31)23-24-40-38(46)28-42-37(45)26-39(33-17-7-2-8-18-33,34-19-9-3-10-20-34)35-21-11-4-12-22-35/h2-4,7-12,17-22,31-32H,1,5-6,13-16,23-30H2,(H,40,46)(H,41,44)(H,42,45)/t32-/m0/s1. The van der Waals surface area contributed by atoms with E-state index in [1.54, 1.807) is 0 Å². The summed E-state index contributed by atoms with van der Waals surface area (Å²) in [7, 11) is 0. The Morgan fingerprint density at radius 2 is 1.20 bits per heavy atom. The van der Waals surface area contributed by atoms with Crippen molar-refractivity contribution in [2.45, 2.75) is 63.2 Å². The molecule has 1 aliphatic carbocycles.